The van der Waals surface area contributed by atoms with E-state index in [0.717, 1.165) is 31.5 Å². The summed E-state index contributed by atoms with van der Waals surface area (Å²) in [6.07, 6.45) is 3.30. The first-order valence-corrected chi connectivity index (χ1v) is 10.3. The molecule has 150 valence electrons. The van der Waals surface area contributed by atoms with Gasteiger partial charge in [0.25, 0.3) is 11.8 Å². The fourth-order valence-electron chi connectivity index (χ4n) is 3.69. The first-order valence-electron chi connectivity index (χ1n) is 10.3. The van der Waals surface area contributed by atoms with Crippen LogP contribution in [0, 0.1) is 0 Å². The fraction of sp³-hybridized carbons (Fsp3) is 0.375. The predicted molar refractivity (Wildman–Crippen MR) is 114 cm³/mol. The van der Waals surface area contributed by atoms with Gasteiger partial charge >= 0.3 is 0 Å². The van der Waals surface area contributed by atoms with E-state index in [1.54, 1.807) is 0 Å². The van der Waals surface area contributed by atoms with Crippen LogP contribution in [0.5, 0.6) is 0 Å². The van der Waals surface area contributed by atoms with E-state index in [4.69, 9.17) is 4.52 Å². The third-order valence-electron chi connectivity index (χ3n) is 5.47. The van der Waals surface area contributed by atoms with Crippen molar-refractivity contribution in [2.45, 2.75) is 45.4 Å². The van der Waals surface area contributed by atoms with Crippen molar-refractivity contribution in [3.63, 3.8) is 0 Å². The van der Waals surface area contributed by atoms with Crippen LogP contribution in [0.2, 0.25) is 0 Å². The standard InChI is InChI=1S/C24H27N3O2/c1-24(2,3)18-13-11-17(12-14-18)21-25-22(29-26-21)19-9-5-6-10-20(19)23(28)27-15-7-4-8-16-27/h5-6,9-14H,4,7-8,15-16H2,1-3H3. The van der Waals surface area contributed by atoms with Gasteiger partial charge in [-0.2, -0.15) is 4.98 Å². The highest BCUT2D eigenvalue weighted by Gasteiger charge is 2.23. The zero-order valence-corrected chi connectivity index (χ0v) is 17.3. The quantitative estimate of drug-likeness (QED) is 0.608. The highest BCUT2D eigenvalue weighted by molar-refractivity contribution is 6.00. The molecule has 2 heterocycles. The minimum atomic E-state index is 0.0366. The summed E-state index contributed by atoms with van der Waals surface area (Å²) < 4.78 is 5.55. The van der Waals surface area contributed by atoms with Crippen LogP contribution in [0.15, 0.2) is 53.1 Å². The molecule has 5 heteroatoms. The molecule has 0 N–H and O–H groups in total. The third kappa shape index (κ3) is 4.09. The first kappa shape index (κ1) is 19.4. The van der Waals surface area contributed by atoms with Crippen molar-refractivity contribution in [3.05, 3.63) is 59.7 Å². The van der Waals surface area contributed by atoms with E-state index in [-0.39, 0.29) is 11.3 Å². The molecule has 29 heavy (non-hydrogen) atoms. The molecule has 1 aromatic heterocycles. The summed E-state index contributed by atoms with van der Waals surface area (Å²) in [6, 6.07) is 15.7. The van der Waals surface area contributed by atoms with Crippen LogP contribution < -0.4 is 0 Å². The smallest absolute Gasteiger partial charge is 0.259 e. The number of aromatic nitrogens is 2. The Balaban J connectivity index is 1.62. The highest BCUT2D eigenvalue weighted by Crippen LogP contribution is 2.28. The molecule has 0 spiro atoms. The number of piperidine rings is 1. The van der Waals surface area contributed by atoms with E-state index in [9.17, 15) is 4.79 Å². The Morgan fingerprint density at radius 2 is 1.66 bits per heavy atom. The van der Waals surface area contributed by atoms with Gasteiger partial charge in [-0.1, -0.05) is 62.3 Å². The second kappa shape index (κ2) is 7.82. The average molecular weight is 389 g/mol. The number of rotatable bonds is 3. The lowest BCUT2D eigenvalue weighted by atomic mass is 9.87. The zero-order chi connectivity index (χ0) is 20.4. The van der Waals surface area contributed by atoms with Gasteiger partial charge < -0.3 is 9.42 Å². The number of benzene rings is 2. The van der Waals surface area contributed by atoms with E-state index in [2.05, 4.69) is 43.0 Å². The monoisotopic (exact) mass is 389 g/mol. The topological polar surface area (TPSA) is 59.2 Å². The molecule has 0 aliphatic carbocycles. The van der Waals surface area contributed by atoms with Crippen LogP contribution in [0.3, 0.4) is 0 Å². The van der Waals surface area contributed by atoms with Crippen molar-refractivity contribution >= 4 is 5.91 Å². The predicted octanol–water partition coefficient (Wildman–Crippen LogP) is 5.33. The van der Waals surface area contributed by atoms with E-state index in [0.29, 0.717) is 22.8 Å². The van der Waals surface area contributed by atoms with Gasteiger partial charge in [-0.25, -0.2) is 0 Å². The number of carbonyl (C=O) groups is 1. The number of amides is 1. The normalized spacial score (nSPS) is 14.8. The summed E-state index contributed by atoms with van der Waals surface area (Å²) in [4.78, 5) is 19.5. The molecule has 0 atom stereocenters. The Bertz CT molecular complexity index is 993. The summed E-state index contributed by atoms with van der Waals surface area (Å²) in [6.45, 7) is 8.17. The van der Waals surface area contributed by atoms with Gasteiger partial charge in [0, 0.05) is 18.7 Å². The summed E-state index contributed by atoms with van der Waals surface area (Å²) in [7, 11) is 0. The van der Waals surface area contributed by atoms with Gasteiger partial charge in [-0.3, -0.25) is 4.79 Å². The molecule has 1 aliphatic rings. The highest BCUT2D eigenvalue weighted by atomic mass is 16.5. The molecule has 2 aromatic carbocycles. The van der Waals surface area contributed by atoms with E-state index >= 15 is 0 Å². The minimum absolute atomic E-state index is 0.0366. The van der Waals surface area contributed by atoms with Gasteiger partial charge in [0.15, 0.2) is 0 Å². The van der Waals surface area contributed by atoms with Crippen molar-refractivity contribution < 1.29 is 9.32 Å². The van der Waals surface area contributed by atoms with E-state index in [1.165, 1.54) is 12.0 Å². The zero-order valence-electron chi connectivity index (χ0n) is 17.3. The molecule has 1 saturated heterocycles. The second-order valence-corrected chi connectivity index (χ2v) is 8.65. The molecule has 1 amide bonds. The van der Waals surface area contributed by atoms with E-state index < -0.39 is 0 Å². The fourth-order valence-corrected chi connectivity index (χ4v) is 3.69. The Morgan fingerprint density at radius 1 is 0.966 bits per heavy atom. The third-order valence-corrected chi connectivity index (χ3v) is 5.47. The SMILES string of the molecule is CC(C)(C)c1ccc(-c2noc(-c3ccccc3C(=O)N3CCCCC3)n2)cc1. The van der Waals surface area contributed by atoms with Crippen LogP contribution in [0.1, 0.15) is 56.0 Å². The van der Waals surface area contributed by atoms with Gasteiger partial charge in [0.2, 0.25) is 5.82 Å². The molecule has 4 rings (SSSR count). The maximum atomic E-state index is 13.0. The number of carbonyl (C=O) groups excluding carboxylic acids is 1. The largest absolute Gasteiger partial charge is 0.339 e. The molecule has 0 radical (unpaired) electrons. The molecule has 0 bridgehead atoms. The minimum Gasteiger partial charge on any atom is -0.339 e. The lowest BCUT2D eigenvalue weighted by Gasteiger charge is -2.27. The number of hydrogen-bond donors (Lipinski definition) is 0. The van der Waals surface area contributed by atoms with Crippen molar-refractivity contribution in [1.82, 2.24) is 15.0 Å². The molecule has 0 unspecified atom stereocenters. The summed E-state index contributed by atoms with van der Waals surface area (Å²) in [5.41, 5.74) is 3.55. The average Bonchev–Trinajstić information content (AvgIpc) is 3.23. The Morgan fingerprint density at radius 3 is 2.34 bits per heavy atom. The second-order valence-electron chi connectivity index (χ2n) is 8.65. The molecule has 1 fully saturated rings. The summed E-state index contributed by atoms with van der Waals surface area (Å²) in [5, 5.41) is 4.16. The van der Waals surface area contributed by atoms with Crippen LogP contribution in [-0.2, 0) is 5.41 Å². The first-order chi connectivity index (χ1) is 13.9. The lowest BCUT2D eigenvalue weighted by Crippen LogP contribution is -2.35. The van der Waals surface area contributed by atoms with Crippen molar-refractivity contribution in [2.75, 3.05) is 13.1 Å². The van der Waals surface area contributed by atoms with Crippen LogP contribution in [0.25, 0.3) is 22.8 Å². The van der Waals surface area contributed by atoms with Crippen molar-refractivity contribution in [2.24, 2.45) is 0 Å². The van der Waals surface area contributed by atoms with Gasteiger partial charge in [0.1, 0.15) is 0 Å². The maximum Gasteiger partial charge on any atom is 0.259 e. The molecule has 3 aromatic rings. The lowest BCUT2D eigenvalue weighted by molar-refractivity contribution is 0.0725. The van der Waals surface area contributed by atoms with Gasteiger partial charge in [-0.05, 0) is 42.4 Å². The number of nitrogens with zero attached hydrogens (tertiary/aromatic N) is 3. The molecule has 1 aliphatic heterocycles. The van der Waals surface area contributed by atoms with Crippen LogP contribution in [-0.4, -0.2) is 34.0 Å². The van der Waals surface area contributed by atoms with E-state index in [1.807, 2.05) is 41.3 Å². The molecule has 5 nitrogen and oxygen atoms in total. The van der Waals surface area contributed by atoms with Crippen LogP contribution >= 0.6 is 0 Å². The van der Waals surface area contributed by atoms with Crippen molar-refractivity contribution in [1.29, 1.82) is 0 Å². The van der Waals surface area contributed by atoms with Crippen molar-refractivity contribution in [3.8, 4) is 22.8 Å². The maximum absolute atomic E-state index is 13.0. The van der Waals surface area contributed by atoms with Gasteiger partial charge in [0.05, 0.1) is 11.1 Å². The summed E-state index contributed by atoms with van der Waals surface area (Å²) in [5.74, 6) is 0.941. The summed E-state index contributed by atoms with van der Waals surface area (Å²) >= 11 is 0. The number of hydrogen-bond acceptors (Lipinski definition) is 4. The van der Waals surface area contributed by atoms with Gasteiger partial charge in [-0.15, -0.1) is 0 Å². The Labute approximate surface area is 171 Å². The Kier molecular flexibility index (Phi) is 5.22. The number of likely N-dealkylation sites (tertiary alicyclic amines) is 1. The molecule has 0 saturated carbocycles. The van der Waals surface area contributed by atoms with Crippen LogP contribution in [0.4, 0.5) is 0 Å². The Hall–Kier alpha value is -2.95. The molecular formula is C24H27N3O2. The molecular weight excluding hydrogens is 362 g/mol.